The fourth-order valence-electron chi connectivity index (χ4n) is 1.99. The minimum Gasteiger partial charge on any atom is -0.316 e. The zero-order valence-corrected chi connectivity index (χ0v) is 12.9. The van der Waals surface area contributed by atoms with Gasteiger partial charge in [-0.25, -0.2) is 0 Å². The Labute approximate surface area is 122 Å². The SMILES string of the molecule is CCc1nncn1CCNCc1ccc(Br)c(C)c1. The Morgan fingerprint density at radius 2 is 2.21 bits per heavy atom. The maximum Gasteiger partial charge on any atom is 0.132 e. The molecule has 4 nitrogen and oxygen atoms in total. The highest BCUT2D eigenvalue weighted by molar-refractivity contribution is 9.10. The van der Waals surface area contributed by atoms with Crippen molar-refractivity contribution in [3.63, 3.8) is 0 Å². The van der Waals surface area contributed by atoms with Gasteiger partial charge in [-0.2, -0.15) is 0 Å². The number of benzene rings is 1. The summed E-state index contributed by atoms with van der Waals surface area (Å²) in [5, 5.41) is 11.5. The predicted octanol–water partition coefficient (Wildman–Crippen LogP) is 2.70. The summed E-state index contributed by atoms with van der Waals surface area (Å²) >= 11 is 3.52. The molecule has 1 N–H and O–H groups in total. The molecule has 0 saturated heterocycles. The molecule has 102 valence electrons. The van der Waals surface area contributed by atoms with Crippen molar-refractivity contribution in [1.29, 1.82) is 0 Å². The molecule has 2 rings (SSSR count). The van der Waals surface area contributed by atoms with E-state index in [2.05, 4.69) is 68.1 Å². The lowest BCUT2D eigenvalue weighted by Crippen LogP contribution is -2.20. The molecule has 0 aliphatic carbocycles. The second-order valence-corrected chi connectivity index (χ2v) is 5.41. The van der Waals surface area contributed by atoms with Crippen LogP contribution in [0, 0.1) is 6.92 Å². The number of nitrogens with zero attached hydrogens (tertiary/aromatic N) is 3. The lowest BCUT2D eigenvalue weighted by molar-refractivity contribution is 0.580. The van der Waals surface area contributed by atoms with E-state index in [1.54, 1.807) is 6.33 Å². The zero-order valence-electron chi connectivity index (χ0n) is 11.4. The summed E-state index contributed by atoms with van der Waals surface area (Å²) in [6.07, 6.45) is 2.72. The Balaban J connectivity index is 1.79. The number of hydrogen-bond donors (Lipinski definition) is 1. The predicted molar refractivity (Wildman–Crippen MR) is 80.0 cm³/mol. The van der Waals surface area contributed by atoms with Gasteiger partial charge >= 0.3 is 0 Å². The second kappa shape index (κ2) is 6.82. The maximum atomic E-state index is 4.07. The Hall–Kier alpha value is -1.20. The molecule has 1 heterocycles. The highest BCUT2D eigenvalue weighted by Crippen LogP contribution is 2.16. The van der Waals surface area contributed by atoms with Gasteiger partial charge in [0.25, 0.3) is 0 Å². The molecule has 0 amide bonds. The lowest BCUT2D eigenvalue weighted by atomic mass is 10.1. The van der Waals surface area contributed by atoms with Crippen molar-refractivity contribution in [3.05, 3.63) is 46.0 Å². The van der Waals surface area contributed by atoms with Crippen LogP contribution in [0.5, 0.6) is 0 Å². The van der Waals surface area contributed by atoms with E-state index in [0.717, 1.165) is 36.4 Å². The summed E-state index contributed by atoms with van der Waals surface area (Å²) in [6.45, 7) is 6.92. The first-order chi connectivity index (χ1) is 9.20. The normalized spacial score (nSPS) is 10.9. The first-order valence-electron chi connectivity index (χ1n) is 6.53. The standard InChI is InChI=1S/C14H19BrN4/c1-3-14-18-17-10-19(14)7-6-16-9-12-4-5-13(15)11(2)8-12/h4-5,8,10,16H,3,6-7,9H2,1-2H3. The summed E-state index contributed by atoms with van der Waals surface area (Å²) in [6, 6.07) is 6.44. The van der Waals surface area contributed by atoms with E-state index >= 15 is 0 Å². The molecular weight excluding hydrogens is 304 g/mol. The van der Waals surface area contributed by atoms with Crippen molar-refractivity contribution >= 4 is 15.9 Å². The number of aryl methyl sites for hydroxylation is 2. The second-order valence-electron chi connectivity index (χ2n) is 4.55. The van der Waals surface area contributed by atoms with Crippen LogP contribution >= 0.6 is 15.9 Å². The molecule has 19 heavy (non-hydrogen) atoms. The fourth-order valence-corrected chi connectivity index (χ4v) is 2.24. The summed E-state index contributed by atoms with van der Waals surface area (Å²) in [4.78, 5) is 0. The summed E-state index contributed by atoms with van der Waals surface area (Å²) < 4.78 is 3.26. The van der Waals surface area contributed by atoms with Crippen molar-refractivity contribution in [1.82, 2.24) is 20.1 Å². The third-order valence-electron chi connectivity index (χ3n) is 3.09. The topological polar surface area (TPSA) is 42.7 Å². The van der Waals surface area contributed by atoms with Crippen LogP contribution in [0.1, 0.15) is 23.9 Å². The van der Waals surface area contributed by atoms with Crippen molar-refractivity contribution in [2.75, 3.05) is 6.54 Å². The number of nitrogens with one attached hydrogen (secondary N) is 1. The third-order valence-corrected chi connectivity index (χ3v) is 3.98. The Morgan fingerprint density at radius 3 is 2.95 bits per heavy atom. The van der Waals surface area contributed by atoms with Gasteiger partial charge in [-0.15, -0.1) is 10.2 Å². The average Bonchev–Trinajstić information content (AvgIpc) is 2.86. The van der Waals surface area contributed by atoms with Gasteiger partial charge in [0.05, 0.1) is 0 Å². The Bertz CT molecular complexity index is 536. The third kappa shape index (κ3) is 3.88. The van der Waals surface area contributed by atoms with Gasteiger partial charge in [-0.05, 0) is 24.1 Å². The largest absolute Gasteiger partial charge is 0.316 e. The average molecular weight is 323 g/mol. The van der Waals surface area contributed by atoms with E-state index < -0.39 is 0 Å². The van der Waals surface area contributed by atoms with Crippen LogP contribution in [0.4, 0.5) is 0 Å². The van der Waals surface area contributed by atoms with E-state index in [0.29, 0.717) is 0 Å². The summed E-state index contributed by atoms with van der Waals surface area (Å²) in [5.74, 6) is 1.04. The highest BCUT2D eigenvalue weighted by Gasteiger charge is 2.01. The lowest BCUT2D eigenvalue weighted by Gasteiger charge is -2.08. The van der Waals surface area contributed by atoms with Gasteiger partial charge < -0.3 is 9.88 Å². The molecule has 5 heteroatoms. The van der Waals surface area contributed by atoms with E-state index in [-0.39, 0.29) is 0 Å². The first kappa shape index (κ1) is 14.2. The smallest absolute Gasteiger partial charge is 0.132 e. The van der Waals surface area contributed by atoms with Gasteiger partial charge in [0, 0.05) is 30.5 Å². The van der Waals surface area contributed by atoms with E-state index in [9.17, 15) is 0 Å². The van der Waals surface area contributed by atoms with Crippen molar-refractivity contribution in [2.24, 2.45) is 0 Å². The van der Waals surface area contributed by atoms with Crippen LogP contribution in [-0.2, 0) is 19.5 Å². The number of hydrogen-bond acceptors (Lipinski definition) is 3. The maximum absolute atomic E-state index is 4.07. The van der Waals surface area contributed by atoms with Crippen molar-refractivity contribution < 1.29 is 0 Å². The molecule has 1 aromatic carbocycles. The Morgan fingerprint density at radius 1 is 1.37 bits per heavy atom. The minimum absolute atomic E-state index is 0.887. The van der Waals surface area contributed by atoms with Crippen molar-refractivity contribution in [2.45, 2.75) is 33.4 Å². The summed E-state index contributed by atoms with van der Waals surface area (Å²) in [5.41, 5.74) is 2.58. The van der Waals surface area contributed by atoms with Crippen LogP contribution < -0.4 is 5.32 Å². The first-order valence-corrected chi connectivity index (χ1v) is 7.32. The quantitative estimate of drug-likeness (QED) is 0.831. The molecule has 0 unspecified atom stereocenters. The van der Waals surface area contributed by atoms with Crippen LogP contribution in [0.3, 0.4) is 0 Å². The molecule has 1 aromatic heterocycles. The van der Waals surface area contributed by atoms with E-state index in [1.165, 1.54) is 11.1 Å². The summed E-state index contributed by atoms with van der Waals surface area (Å²) in [7, 11) is 0. The van der Waals surface area contributed by atoms with Crippen LogP contribution in [-0.4, -0.2) is 21.3 Å². The van der Waals surface area contributed by atoms with Crippen LogP contribution in [0.25, 0.3) is 0 Å². The van der Waals surface area contributed by atoms with Gasteiger partial charge in [-0.1, -0.05) is 35.0 Å². The molecule has 0 fully saturated rings. The van der Waals surface area contributed by atoms with Gasteiger partial charge in [-0.3, -0.25) is 0 Å². The highest BCUT2D eigenvalue weighted by atomic mass is 79.9. The monoisotopic (exact) mass is 322 g/mol. The van der Waals surface area contributed by atoms with Gasteiger partial charge in [0.1, 0.15) is 12.2 Å². The minimum atomic E-state index is 0.887. The molecule has 0 radical (unpaired) electrons. The molecule has 0 bridgehead atoms. The molecule has 0 aliphatic rings. The van der Waals surface area contributed by atoms with E-state index in [4.69, 9.17) is 0 Å². The van der Waals surface area contributed by atoms with Gasteiger partial charge in [0.2, 0.25) is 0 Å². The number of aromatic nitrogens is 3. The molecular formula is C14H19BrN4. The molecule has 0 saturated carbocycles. The van der Waals surface area contributed by atoms with Crippen molar-refractivity contribution in [3.8, 4) is 0 Å². The van der Waals surface area contributed by atoms with Crippen LogP contribution in [0.15, 0.2) is 29.0 Å². The molecule has 0 aliphatic heterocycles. The van der Waals surface area contributed by atoms with Crippen LogP contribution in [0.2, 0.25) is 0 Å². The number of halogens is 1. The Kier molecular flexibility index (Phi) is 5.10. The number of rotatable bonds is 6. The van der Waals surface area contributed by atoms with E-state index in [1.807, 2.05) is 0 Å². The fraction of sp³-hybridized carbons (Fsp3) is 0.429. The molecule has 0 spiro atoms. The molecule has 2 aromatic rings. The molecule has 0 atom stereocenters. The van der Waals surface area contributed by atoms with Gasteiger partial charge in [0.15, 0.2) is 0 Å². The zero-order chi connectivity index (χ0) is 13.7.